The summed E-state index contributed by atoms with van der Waals surface area (Å²) >= 11 is 0. The van der Waals surface area contributed by atoms with Crippen molar-refractivity contribution in [1.29, 1.82) is 0 Å². The topological polar surface area (TPSA) is 12.4 Å². The van der Waals surface area contributed by atoms with Crippen LogP contribution in [0.25, 0.3) is 0 Å². The van der Waals surface area contributed by atoms with Crippen LogP contribution in [0.5, 0.6) is 0 Å². The molecule has 0 spiro atoms. The van der Waals surface area contributed by atoms with E-state index in [-0.39, 0.29) is 5.92 Å². The monoisotopic (exact) mass is 303 g/mol. The van der Waals surface area contributed by atoms with Crippen LogP contribution in [-0.4, -0.2) is 5.71 Å². The van der Waals surface area contributed by atoms with Crippen LogP contribution in [0, 0.1) is 0 Å². The molecule has 23 heavy (non-hydrogen) atoms. The summed E-state index contributed by atoms with van der Waals surface area (Å²) in [5, 5.41) is 0. The first-order valence-electron chi connectivity index (χ1n) is 8.52. The molecule has 118 valence electrons. The summed E-state index contributed by atoms with van der Waals surface area (Å²) in [6, 6.07) is 17.3. The lowest BCUT2D eigenvalue weighted by molar-refractivity contribution is 0.801. The standard InChI is InChI=1S/C22H25N/c1-15(2)18-11-8-12-19(16(3)4)21(18)20-13-14-23-22(20)17-9-6-5-7-10-17/h5-16,20H,1-4H3. The third kappa shape index (κ3) is 3.01. The van der Waals surface area contributed by atoms with Crippen molar-refractivity contribution in [3.8, 4) is 0 Å². The predicted molar refractivity (Wildman–Crippen MR) is 99.5 cm³/mol. The Bertz CT molecular complexity index is 710. The minimum atomic E-state index is 0.258. The highest BCUT2D eigenvalue weighted by molar-refractivity contribution is 6.08. The molecule has 3 rings (SSSR count). The van der Waals surface area contributed by atoms with E-state index in [9.17, 15) is 0 Å². The van der Waals surface area contributed by atoms with E-state index in [1.807, 2.05) is 6.20 Å². The van der Waals surface area contributed by atoms with E-state index in [4.69, 9.17) is 4.99 Å². The van der Waals surface area contributed by atoms with Crippen molar-refractivity contribution in [1.82, 2.24) is 0 Å². The first kappa shape index (κ1) is 15.7. The number of hydrogen-bond acceptors (Lipinski definition) is 1. The molecule has 2 aromatic rings. The van der Waals surface area contributed by atoms with Gasteiger partial charge in [-0.25, -0.2) is 0 Å². The van der Waals surface area contributed by atoms with Crippen LogP contribution in [-0.2, 0) is 0 Å². The van der Waals surface area contributed by atoms with Crippen molar-refractivity contribution in [2.45, 2.75) is 45.4 Å². The van der Waals surface area contributed by atoms with Crippen LogP contribution in [0.1, 0.15) is 67.7 Å². The van der Waals surface area contributed by atoms with Gasteiger partial charge in [0.05, 0.1) is 5.71 Å². The Morgan fingerprint density at radius 1 is 0.783 bits per heavy atom. The van der Waals surface area contributed by atoms with Gasteiger partial charge in [0, 0.05) is 12.1 Å². The van der Waals surface area contributed by atoms with Crippen LogP contribution in [0.4, 0.5) is 0 Å². The predicted octanol–water partition coefficient (Wildman–Crippen LogP) is 6.03. The largest absolute Gasteiger partial charge is 0.260 e. The Balaban J connectivity index is 2.14. The van der Waals surface area contributed by atoms with E-state index in [0.29, 0.717) is 11.8 Å². The summed E-state index contributed by atoms with van der Waals surface area (Å²) in [5.41, 5.74) is 6.72. The molecule has 1 heteroatoms. The molecule has 1 unspecified atom stereocenters. The Hall–Kier alpha value is -2.15. The molecule has 0 aliphatic carbocycles. The molecule has 0 radical (unpaired) electrons. The molecule has 1 atom stereocenters. The van der Waals surface area contributed by atoms with Gasteiger partial charge >= 0.3 is 0 Å². The number of nitrogens with zero attached hydrogens (tertiary/aromatic N) is 1. The smallest absolute Gasteiger partial charge is 0.0589 e. The van der Waals surface area contributed by atoms with Crippen LogP contribution >= 0.6 is 0 Å². The van der Waals surface area contributed by atoms with Gasteiger partial charge in [0.2, 0.25) is 0 Å². The van der Waals surface area contributed by atoms with E-state index in [2.05, 4.69) is 82.3 Å². The second-order valence-corrected chi connectivity index (χ2v) is 6.86. The normalized spacial score (nSPS) is 17.1. The number of allylic oxidation sites excluding steroid dienone is 1. The summed E-state index contributed by atoms with van der Waals surface area (Å²) in [4.78, 5) is 4.70. The van der Waals surface area contributed by atoms with Gasteiger partial charge in [-0.2, -0.15) is 0 Å². The van der Waals surface area contributed by atoms with Crippen LogP contribution in [0.3, 0.4) is 0 Å². The Kier molecular flexibility index (Phi) is 4.47. The lowest BCUT2D eigenvalue weighted by Crippen LogP contribution is -2.15. The maximum absolute atomic E-state index is 4.70. The van der Waals surface area contributed by atoms with Crippen molar-refractivity contribution in [3.05, 3.63) is 83.1 Å². The summed E-state index contributed by atoms with van der Waals surface area (Å²) in [7, 11) is 0. The fourth-order valence-corrected chi connectivity index (χ4v) is 3.44. The average Bonchev–Trinajstić information content (AvgIpc) is 3.04. The number of benzene rings is 2. The van der Waals surface area contributed by atoms with Gasteiger partial charge < -0.3 is 0 Å². The molecule has 0 bridgehead atoms. The van der Waals surface area contributed by atoms with Crippen molar-refractivity contribution in [3.63, 3.8) is 0 Å². The average molecular weight is 303 g/mol. The zero-order valence-corrected chi connectivity index (χ0v) is 14.5. The molecular formula is C22H25N. The van der Waals surface area contributed by atoms with Gasteiger partial charge in [-0.1, -0.05) is 82.3 Å². The Morgan fingerprint density at radius 2 is 1.39 bits per heavy atom. The van der Waals surface area contributed by atoms with Crippen molar-refractivity contribution >= 4 is 5.71 Å². The molecule has 0 aromatic heterocycles. The van der Waals surface area contributed by atoms with Crippen LogP contribution < -0.4 is 0 Å². The molecule has 1 heterocycles. The Labute approximate surface area is 139 Å². The quantitative estimate of drug-likeness (QED) is 0.653. The molecule has 1 aliphatic heterocycles. The first-order valence-corrected chi connectivity index (χ1v) is 8.52. The SMILES string of the molecule is CC(C)c1cccc(C(C)C)c1C1C=CN=C1c1ccccc1. The van der Waals surface area contributed by atoms with E-state index in [1.54, 1.807) is 0 Å². The van der Waals surface area contributed by atoms with Gasteiger partial charge in [-0.3, -0.25) is 4.99 Å². The highest BCUT2D eigenvalue weighted by Crippen LogP contribution is 2.37. The van der Waals surface area contributed by atoms with E-state index < -0.39 is 0 Å². The van der Waals surface area contributed by atoms with Crippen molar-refractivity contribution in [2.75, 3.05) is 0 Å². The third-order valence-electron chi connectivity index (χ3n) is 4.58. The lowest BCUT2D eigenvalue weighted by atomic mass is 9.79. The first-order chi connectivity index (χ1) is 11.1. The second-order valence-electron chi connectivity index (χ2n) is 6.86. The summed E-state index contributed by atoms with van der Waals surface area (Å²) in [6.45, 7) is 9.11. The summed E-state index contributed by atoms with van der Waals surface area (Å²) < 4.78 is 0. The summed E-state index contributed by atoms with van der Waals surface area (Å²) in [5.74, 6) is 1.28. The molecular weight excluding hydrogens is 278 g/mol. The van der Waals surface area contributed by atoms with E-state index in [1.165, 1.54) is 28.0 Å². The maximum atomic E-state index is 4.70. The molecule has 0 saturated carbocycles. The van der Waals surface area contributed by atoms with Gasteiger partial charge in [0.1, 0.15) is 0 Å². The minimum absolute atomic E-state index is 0.258. The molecule has 2 aromatic carbocycles. The fraction of sp³-hybridized carbons (Fsp3) is 0.318. The van der Waals surface area contributed by atoms with Gasteiger partial charge in [0.15, 0.2) is 0 Å². The maximum Gasteiger partial charge on any atom is 0.0589 e. The van der Waals surface area contributed by atoms with E-state index >= 15 is 0 Å². The van der Waals surface area contributed by atoms with Crippen molar-refractivity contribution < 1.29 is 0 Å². The van der Waals surface area contributed by atoms with Gasteiger partial charge in [0.25, 0.3) is 0 Å². The fourth-order valence-electron chi connectivity index (χ4n) is 3.44. The van der Waals surface area contributed by atoms with Crippen LogP contribution in [0.15, 0.2) is 65.8 Å². The minimum Gasteiger partial charge on any atom is -0.260 e. The van der Waals surface area contributed by atoms with Gasteiger partial charge in [-0.05, 0) is 34.1 Å². The number of hydrogen-bond donors (Lipinski definition) is 0. The van der Waals surface area contributed by atoms with E-state index in [0.717, 1.165) is 0 Å². The number of aliphatic imine (C=N–C) groups is 1. The zero-order chi connectivity index (χ0) is 16.4. The molecule has 0 amide bonds. The second kappa shape index (κ2) is 6.54. The van der Waals surface area contributed by atoms with Gasteiger partial charge in [-0.15, -0.1) is 0 Å². The summed E-state index contributed by atoms with van der Waals surface area (Å²) in [6.07, 6.45) is 4.21. The molecule has 1 aliphatic rings. The molecule has 0 saturated heterocycles. The van der Waals surface area contributed by atoms with Crippen LogP contribution in [0.2, 0.25) is 0 Å². The third-order valence-corrected chi connectivity index (χ3v) is 4.58. The highest BCUT2D eigenvalue weighted by Gasteiger charge is 2.26. The number of rotatable bonds is 4. The van der Waals surface area contributed by atoms with Crippen molar-refractivity contribution in [2.24, 2.45) is 4.99 Å². The molecule has 0 fully saturated rings. The zero-order valence-electron chi connectivity index (χ0n) is 14.5. The Morgan fingerprint density at radius 3 is 1.96 bits per heavy atom. The molecule has 1 nitrogen and oxygen atoms in total. The lowest BCUT2D eigenvalue weighted by Gasteiger charge is -2.24. The highest BCUT2D eigenvalue weighted by atomic mass is 14.7. The molecule has 0 N–H and O–H groups in total.